The Morgan fingerprint density at radius 3 is 2.29 bits per heavy atom. The van der Waals surface area contributed by atoms with Gasteiger partial charge >= 0.3 is 0 Å². The summed E-state index contributed by atoms with van der Waals surface area (Å²) in [5.41, 5.74) is 1.83. The third kappa shape index (κ3) is 7.00. The van der Waals surface area contributed by atoms with Crippen LogP contribution in [0.1, 0.15) is 45.7 Å². The second-order valence-electron chi connectivity index (χ2n) is 10.8. The number of amides is 3. The third-order valence-corrected chi connectivity index (χ3v) is 8.77. The van der Waals surface area contributed by atoms with E-state index in [0.717, 1.165) is 5.56 Å². The molecule has 4 N–H and O–H groups in total. The first-order chi connectivity index (χ1) is 20.0. The van der Waals surface area contributed by atoms with Crippen LogP contribution in [0.25, 0.3) is 0 Å². The zero-order valence-electron chi connectivity index (χ0n) is 23.7. The number of carbonyl (C=O) groups excluding carboxylic acids is 4. The average Bonchev–Trinajstić information content (AvgIpc) is 3.31. The highest BCUT2D eigenvalue weighted by Gasteiger charge is 2.49. The first kappa shape index (κ1) is 30.8. The number of aliphatic hydroxyl groups excluding tert-OH is 1. The van der Waals surface area contributed by atoms with E-state index < -0.39 is 40.7 Å². The Morgan fingerprint density at radius 1 is 0.976 bits per heavy atom. The van der Waals surface area contributed by atoms with Gasteiger partial charge in [0, 0.05) is 21.4 Å². The fourth-order valence-corrected chi connectivity index (χ4v) is 6.11. The molecule has 1 saturated heterocycles. The number of nitrogens with one attached hydrogen (secondary N) is 2. The molecule has 9 nitrogen and oxygen atoms in total. The minimum Gasteiger partial charge on any atom is -0.508 e. The molecule has 1 heterocycles. The molecule has 0 spiro atoms. The molecule has 1 aliphatic rings. The van der Waals surface area contributed by atoms with Crippen LogP contribution in [-0.2, 0) is 16.0 Å². The smallest absolute Gasteiger partial charge is 0.254 e. The van der Waals surface area contributed by atoms with Gasteiger partial charge in [0.25, 0.3) is 11.8 Å². The Labute approximate surface area is 249 Å². The fourth-order valence-electron chi connectivity index (χ4n) is 4.97. The van der Waals surface area contributed by atoms with Crippen molar-refractivity contribution in [3.63, 3.8) is 0 Å². The molecular formula is C32H35N3O6S. The molecule has 220 valence electrons. The van der Waals surface area contributed by atoms with Crippen molar-refractivity contribution in [3.05, 3.63) is 101 Å². The largest absolute Gasteiger partial charge is 0.508 e. The highest BCUT2D eigenvalue weighted by atomic mass is 32.2. The Hall–Kier alpha value is -4.15. The normalized spacial score (nSPS) is 17.2. The van der Waals surface area contributed by atoms with Gasteiger partial charge in [-0.3, -0.25) is 19.2 Å². The summed E-state index contributed by atoms with van der Waals surface area (Å²) in [5.74, 6) is -1.94. The predicted octanol–water partition coefficient (Wildman–Crippen LogP) is 3.08. The van der Waals surface area contributed by atoms with Crippen LogP contribution >= 0.6 is 11.8 Å². The number of carbonyl (C=O) groups is 4. The minimum absolute atomic E-state index is 0.0465. The zero-order chi connectivity index (χ0) is 30.4. The van der Waals surface area contributed by atoms with Gasteiger partial charge in [-0.1, -0.05) is 66.7 Å². The summed E-state index contributed by atoms with van der Waals surface area (Å²) in [5, 5.41) is 26.9. The van der Waals surface area contributed by atoms with Crippen molar-refractivity contribution < 1.29 is 29.4 Å². The van der Waals surface area contributed by atoms with Gasteiger partial charge in [-0.2, -0.15) is 0 Å². The zero-order valence-corrected chi connectivity index (χ0v) is 24.6. The van der Waals surface area contributed by atoms with Crippen LogP contribution in [0, 0.1) is 6.92 Å². The van der Waals surface area contributed by atoms with E-state index in [1.165, 1.54) is 22.7 Å². The van der Waals surface area contributed by atoms with Gasteiger partial charge < -0.3 is 25.7 Å². The number of phenolic OH excluding ortho intramolecular Hbond substituents is 1. The van der Waals surface area contributed by atoms with Crippen LogP contribution in [0.5, 0.6) is 5.75 Å². The van der Waals surface area contributed by atoms with Crippen LogP contribution in [0.4, 0.5) is 0 Å². The molecule has 0 aromatic heterocycles. The first-order valence-corrected chi connectivity index (χ1v) is 14.6. The lowest BCUT2D eigenvalue weighted by molar-refractivity contribution is -0.147. The standard InChI is InChI=1S/C32H35N3O6S/c1-20-23(15-10-16-25(20)36)29(39)34-24(17-21-11-6-4-7-12-21)27(38)31(41)35-19-42-32(2,3)28(35)30(40)33-18-26(37)22-13-8-5-9-14-22/h4-16,24,27-28,36,38H,17-19H2,1-3H3,(H,33,40)(H,34,39)/t24-,27-,28+/m0/s1. The Bertz CT molecular complexity index is 1450. The molecule has 0 aliphatic carbocycles. The third-order valence-electron chi connectivity index (χ3n) is 7.40. The van der Waals surface area contributed by atoms with E-state index in [2.05, 4.69) is 10.6 Å². The maximum absolute atomic E-state index is 13.8. The van der Waals surface area contributed by atoms with E-state index in [1.807, 2.05) is 44.2 Å². The lowest BCUT2D eigenvalue weighted by Crippen LogP contribution is -2.59. The number of thioether (sulfide) groups is 1. The number of aliphatic hydroxyl groups is 1. The highest BCUT2D eigenvalue weighted by molar-refractivity contribution is 8.00. The van der Waals surface area contributed by atoms with Crippen molar-refractivity contribution in [1.82, 2.24) is 15.5 Å². The summed E-state index contributed by atoms with van der Waals surface area (Å²) in [6.45, 7) is 5.02. The van der Waals surface area contributed by atoms with Gasteiger partial charge in [0.05, 0.1) is 18.5 Å². The van der Waals surface area contributed by atoms with Crippen molar-refractivity contribution in [1.29, 1.82) is 0 Å². The van der Waals surface area contributed by atoms with Crippen LogP contribution < -0.4 is 10.6 Å². The van der Waals surface area contributed by atoms with Gasteiger partial charge in [-0.15, -0.1) is 11.8 Å². The Balaban J connectivity index is 1.54. The molecule has 10 heteroatoms. The minimum atomic E-state index is -1.68. The second-order valence-corrected chi connectivity index (χ2v) is 12.4. The fraction of sp³-hybridized carbons (Fsp3) is 0.312. The van der Waals surface area contributed by atoms with Crippen LogP contribution in [0.15, 0.2) is 78.9 Å². The van der Waals surface area contributed by atoms with Crippen molar-refractivity contribution in [2.24, 2.45) is 0 Å². The summed E-state index contributed by atoms with van der Waals surface area (Å²) >= 11 is 1.38. The average molecular weight is 590 g/mol. The van der Waals surface area contributed by atoms with Gasteiger partial charge in [-0.25, -0.2) is 0 Å². The number of nitrogens with zero attached hydrogens (tertiary/aromatic N) is 1. The molecule has 0 saturated carbocycles. The van der Waals surface area contributed by atoms with E-state index >= 15 is 0 Å². The first-order valence-electron chi connectivity index (χ1n) is 13.6. The van der Waals surface area contributed by atoms with E-state index in [0.29, 0.717) is 11.1 Å². The summed E-state index contributed by atoms with van der Waals surface area (Å²) < 4.78 is -0.702. The monoisotopic (exact) mass is 589 g/mol. The number of rotatable bonds is 10. The van der Waals surface area contributed by atoms with Gasteiger partial charge in [-0.05, 0) is 44.9 Å². The molecular weight excluding hydrogens is 554 g/mol. The van der Waals surface area contributed by atoms with E-state index in [-0.39, 0.29) is 35.9 Å². The van der Waals surface area contributed by atoms with Gasteiger partial charge in [0.15, 0.2) is 11.9 Å². The quantitative estimate of drug-likeness (QED) is 0.267. The number of Topliss-reactive ketones (excluding diaryl/α,β-unsaturated/α-hetero) is 1. The van der Waals surface area contributed by atoms with Crippen molar-refractivity contribution in [2.45, 2.75) is 50.1 Å². The van der Waals surface area contributed by atoms with Crippen LogP contribution in [0.2, 0.25) is 0 Å². The van der Waals surface area contributed by atoms with Crippen molar-refractivity contribution in [2.75, 3.05) is 12.4 Å². The molecule has 0 radical (unpaired) electrons. The van der Waals surface area contributed by atoms with Crippen molar-refractivity contribution >= 4 is 35.3 Å². The van der Waals surface area contributed by atoms with E-state index in [4.69, 9.17) is 0 Å². The number of benzene rings is 3. The molecule has 4 rings (SSSR count). The van der Waals surface area contributed by atoms with Crippen molar-refractivity contribution in [3.8, 4) is 5.75 Å². The predicted molar refractivity (Wildman–Crippen MR) is 161 cm³/mol. The summed E-state index contributed by atoms with van der Waals surface area (Å²) in [7, 11) is 0. The second kappa shape index (κ2) is 13.2. The molecule has 3 aromatic carbocycles. The number of phenols is 1. The lowest BCUT2D eigenvalue weighted by Gasteiger charge is -2.33. The molecule has 3 amide bonds. The number of aromatic hydroxyl groups is 1. The molecule has 0 unspecified atom stereocenters. The number of hydrogen-bond donors (Lipinski definition) is 4. The van der Waals surface area contributed by atoms with Crippen LogP contribution in [-0.4, -0.2) is 74.0 Å². The maximum atomic E-state index is 13.8. The number of ketones is 1. The van der Waals surface area contributed by atoms with E-state index in [1.54, 1.807) is 49.4 Å². The SMILES string of the molecule is Cc1c(O)cccc1C(=O)N[C@@H](Cc1ccccc1)[C@H](O)C(=O)N1CSC(C)(C)[C@H]1C(=O)NCC(=O)c1ccccc1. The topological polar surface area (TPSA) is 136 Å². The Kier molecular flexibility index (Phi) is 9.70. The molecule has 3 atom stereocenters. The summed E-state index contributed by atoms with van der Waals surface area (Å²) in [6.07, 6.45) is -1.54. The maximum Gasteiger partial charge on any atom is 0.254 e. The molecule has 42 heavy (non-hydrogen) atoms. The van der Waals surface area contributed by atoms with Gasteiger partial charge in [0.1, 0.15) is 11.8 Å². The summed E-state index contributed by atoms with van der Waals surface area (Å²) in [4.78, 5) is 54.3. The highest BCUT2D eigenvalue weighted by Crippen LogP contribution is 2.40. The molecule has 3 aromatic rings. The Morgan fingerprint density at radius 2 is 1.62 bits per heavy atom. The molecule has 0 bridgehead atoms. The van der Waals surface area contributed by atoms with E-state index in [9.17, 15) is 29.4 Å². The summed E-state index contributed by atoms with van der Waals surface area (Å²) in [6, 6.07) is 20.3. The molecule has 1 fully saturated rings. The van der Waals surface area contributed by atoms with Crippen LogP contribution in [0.3, 0.4) is 0 Å². The lowest BCUT2D eigenvalue weighted by atomic mass is 9.96. The number of hydrogen-bond acceptors (Lipinski definition) is 7. The van der Waals surface area contributed by atoms with Gasteiger partial charge in [0.2, 0.25) is 5.91 Å². The molecule has 1 aliphatic heterocycles.